The number of benzene rings is 3. The average molecular weight is 474 g/mol. The maximum Gasteiger partial charge on any atom is 0.337 e. The molecule has 0 aromatic heterocycles. The number of nitrogens with zero attached hydrogens (tertiary/aromatic N) is 1. The topological polar surface area (TPSA) is 130 Å². The molecule has 0 saturated carbocycles. The van der Waals surface area contributed by atoms with E-state index >= 15 is 0 Å². The van der Waals surface area contributed by atoms with Gasteiger partial charge in [0.15, 0.2) is 0 Å². The second kappa shape index (κ2) is 8.89. The van der Waals surface area contributed by atoms with Gasteiger partial charge in [-0.15, -0.1) is 0 Å². The van der Waals surface area contributed by atoms with Gasteiger partial charge in [0.1, 0.15) is 4.90 Å². The highest BCUT2D eigenvalue weighted by atomic mass is 35.5. The van der Waals surface area contributed by atoms with E-state index in [2.05, 4.69) is 5.32 Å². The molecule has 1 amide bonds. The molecule has 0 unspecified atom stereocenters. The molecule has 3 aromatic carbocycles. The molecule has 4 N–H and O–H groups in total. The Morgan fingerprint density at radius 1 is 1.06 bits per heavy atom. The van der Waals surface area contributed by atoms with Crippen LogP contribution in [0.25, 0.3) is 0 Å². The Morgan fingerprint density at radius 2 is 1.75 bits per heavy atom. The van der Waals surface area contributed by atoms with Gasteiger partial charge in [0.2, 0.25) is 0 Å². The second-order valence-corrected chi connectivity index (χ2v) is 9.33. The molecule has 0 saturated heterocycles. The second-order valence-electron chi connectivity index (χ2n) is 6.96. The summed E-state index contributed by atoms with van der Waals surface area (Å²) in [5.41, 5.74) is 7.06. The van der Waals surface area contributed by atoms with Crippen molar-refractivity contribution in [3.63, 3.8) is 0 Å². The predicted octanol–water partition coefficient (Wildman–Crippen LogP) is 4.01. The number of aryl methyl sites for hydroxylation is 1. The number of anilines is 3. The summed E-state index contributed by atoms with van der Waals surface area (Å²) >= 11 is 5.82. The molecule has 10 heteroatoms. The van der Waals surface area contributed by atoms with Gasteiger partial charge in [-0.25, -0.2) is 13.2 Å². The van der Waals surface area contributed by atoms with Crippen LogP contribution in [0.2, 0.25) is 5.02 Å². The molecule has 0 atom stereocenters. The minimum atomic E-state index is -3.99. The fourth-order valence-corrected chi connectivity index (χ4v) is 4.64. The maximum absolute atomic E-state index is 13.1. The van der Waals surface area contributed by atoms with Crippen LogP contribution in [0.15, 0.2) is 65.6 Å². The fourth-order valence-electron chi connectivity index (χ4n) is 3.12. The molecular formula is C22H20ClN3O5S. The van der Waals surface area contributed by atoms with E-state index in [0.29, 0.717) is 5.69 Å². The van der Waals surface area contributed by atoms with Crippen LogP contribution in [0.4, 0.5) is 17.1 Å². The minimum absolute atomic E-state index is 0.0430. The molecule has 3 rings (SSSR count). The first-order valence-corrected chi connectivity index (χ1v) is 11.1. The van der Waals surface area contributed by atoms with Crippen molar-refractivity contribution in [3.8, 4) is 0 Å². The van der Waals surface area contributed by atoms with Crippen LogP contribution in [0.3, 0.4) is 0 Å². The molecule has 0 heterocycles. The van der Waals surface area contributed by atoms with Crippen molar-refractivity contribution in [2.75, 3.05) is 22.4 Å². The fraction of sp³-hybridized carbons (Fsp3) is 0.0909. The Balaban J connectivity index is 1.91. The van der Waals surface area contributed by atoms with Crippen molar-refractivity contribution in [1.82, 2.24) is 0 Å². The Labute approximate surface area is 190 Å². The Kier molecular flexibility index (Phi) is 6.42. The zero-order valence-corrected chi connectivity index (χ0v) is 18.7. The lowest BCUT2D eigenvalue weighted by atomic mass is 10.1. The van der Waals surface area contributed by atoms with Crippen LogP contribution < -0.4 is 15.4 Å². The van der Waals surface area contributed by atoms with Crippen LogP contribution in [-0.4, -0.2) is 32.4 Å². The third-order valence-electron chi connectivity index (χ3n) is 4.83. The summed E-state index contributed by atoms with van der Waals surface area (Å²) in [6, 6.07) is 14.8. The molecule has 3 aromatic rings. The van der Waals surface area contributed by atoms with Gasteiger partial charge in [-0.3, -0.25) is 9.10 Å². The molecule has 0 aliphatic rings. The van der Waals surface area contributed by atoms with E-state index < -0.39 is 21.9 Å². The lowest BCUT2D eigenvalue weighted by Gasteiger charge is -2.22. The molecule has 8 nitrogen and oxygen atoms in total. The van der Waals surface area contributed by atoms with Crippen LogP contribution in [0.1, 0.15) is 26.3 Å². The summed E-state index contributed by atoms with van der Waals surface area (Å²) in [5, 5.41) is 12.0. The van der Waals surface area contributed by atoms with Crippen LogP contribution in [0.5, 0.6) is 0 Å². The smallest absolute Gasteiger partial charge is 0.337 e. The van der Waals surface area contributed by atoms with E-state index in [9.17, 15) is 23.1 Å². The standard InChI is InChI=1S/C22H20ClN3O5S/c1-13-5-3-4-6-19(13)26(2)32(30,31)20-10-7-14(11-17(20)24)21(27)25-18-9-8-15(23)12-16(18)22(28)29/h3-12H,24H2,1-2H3,(H,25,27)(H,28,29). The number of carboxylic acids is 1. The quantitative estimate of drug-likeness (QED) is 0.464. The van der Waals surface area contributed by atoms with Crippen molar-refractivity contribution in [2.24, 2.45) is 0 Å². The molecule has 0 aliphatic carbocycles. The molecule has 0 fully saturated rings. The lowest BCUT2D eigenvalue weighted by Crippen LogP contribution is -2.28. The zero-order valence-electron chi connectivity index (χ0n) is 17.2. The highest BCUT2D eigenvalue weighted by Crippen LogP contribution is 2.29. The third kappa shape index (κ3) is 4.53. The number of nitrogens with two attached hydrogens (primary N) is 1. The third-order valence-corrected chi connectivity index (χ3v) is 6.91. The van der Waals surface area contributed by atoms with E-state index in [4.69, 9.17) is 17.3 Å². The number of hydrogen-bond donors (Lipinski definition) is 3. The molecular weight excluding hydrogens is 454 g/mol. The number of carboxylic acid groups (broad SMARTS) is 1. The van der Waals surface area contributed by atoms with Gasteiger partial charge < -0.3 is 16.2 Å². The van der Waals surface area contributed by atoms with Gasteiger partial charge in [-0.1, -0.05) is 29.8 Å². The predicted molar refractivity (Wildman–Crippen MR) is 124 cm³/mol. The van der Waals surface area contributed by atoms with E-state index in [1.807, 2.05) is 0 Å². The number of carbonyl (C=O) groups is 2. The van der Waals surface area contributed by atoms with Crippen LogP contribution in [0, 0.1) is 6.92 Å². The SMILES string of the molecule is Cc1ccccc1N(C)S(=O)(=O)c1ccc(C(=O)Nc2ccc(Cl)cc2C(=O)O)cc1N. The molecule has 0 aliphatic heterocycles. The van der Waals surface area contributed by atoms with Crippen molar-refractivity contribution < 1.29 is 23.1 Å². The number of amides is 1. The number of sulfonamides is 1. The number of nitrogens with one attached hydrogen (secondary N) is 1. The Bertz CT molecular complexity index is 1320. The summed E-state index contributed by atoms with van der Waals surface area (Å²) in [4.78, 5) is 23.9. The first-order valence-electron chi connectivity index (χ1n) is 9.30. The van der Waals surface area contributed by atoms with Gasteiger partial charge in [-0.05, 0) is 55.0 Å². The van der Waals surface area contributed by atoms with E-state index in [1.165, 1.54) is 43.4 Å². The number of para-hydroxylation sites is 1. The highest BCUT2D eigenvalue weighted by molar-refractivity contribution is 7.93. The van der Waals surface area contributed by atoms with Crippen molar-refractivity contribution in [1.29, 1.82) is 0 Å². The van der Waals surface area contributed by atoms with Gasteiger partial charge in [-0.2, -0.15) is 0 Å². The Morgan fingerprint density at radius 3 is 2.38 bits per heavy atom. The largest absolute Gasteiger partial charge is 0.478 e. The van der Waals surface area contributed by atoms with Crippen molar-refractivity contribution in [3.05, 3.63) is 82.4 Å². The average Bonchev–Trinajstić information content (AvgIpc) is 2.74. The Hall–Kier alpha value is -3.56. The summed E-state index contributed by atoms with van der Waals surface area (Å²) in [5.74, 6) is -1.92. The van der Waals surface area contributed by atoms with Gasteiger partial charge in [0, 0.05) is 17.6 Å². The van der Waals surface area contributed by atoms with E-state index in [0.717, 1.165) is 9.87 Å². The normalized spacial score (nSPS) is 11.1. The van der Waals surface area contributed by atoms with E-state index in [-0.39, 0.29) is 32.4 Å². The number of carbonyl (C=O) groups excluding carboxylic acids is 1. The number of halogens is 1. The van der Waals surface area contributed by atoms with Crippen molar-refractivity contribution >= 4 is 50.6 Å². The molecule has 0 spiro atoms. The molecule has 0 radical (unpaired) electrons. The first kappa shape index (κ1) is 23.1. The van der Waals surface area contributed by atoms with Gasteiger partial charge >= 0.3 is 5.97 Å². The summed E-state index contributed by atoms with van der Waals surface area (Å²) in [6.07, 6.45) is 0. The maximum atomic E-state index is 13.1. The monoisotopic (exact) mass is 473 g/mol. The van der Waals surface area contributed by atoms with Crippen LogP contribution >= 0.6 is 11.6 Å². The number of aromatic carboxylic acids is 1. The molecule has 0 bridgehead atoms. The summed E-state index contributed by atoms with van der Waals surface area (Å²) < 4.78 is 27.3. The highest BCUT2D eigenvalue weighted by Gasteiger charge is 2.25. The number of rotatable bonds is 6. The van der Waals surface area contributed by atoms with Gasteiger partial charge in [0.25, 0.3) is 15.9 Å². The van der Waals surface area contributed by atoms with Gasteiger partial charge in [0.05, 0.1) is 22.6 Å². The lowest BCUT2D eigenvalue weighted by molar-refractivity contribution is 0.0698. The summed E-state index contributed by atoms with van der Waals surface area (Å²) in [6.45, 7) is 1.79. The zero-order chi connectivity index (χ0) is 23.6. The minimum Gasteiger partial charge on any atom is -0.478 e. The number of hydrogen-bond acceptors (Lipinski definition) is 5. The van der Waals surface area contributed by atoms with Crippen molar-refractivity contribution in [2.45, 2.75) is 11.8 Å². The summed E-state index contributed by atoms with van der Waals surface area (Å²) in [7, 11) is -2.56. The molecule has 32 heavy (non-hydrogen) atoms. The number of nitrogen functional groups attached to an aromatic ring is 1. The molecule has 166 valence electrons. The van der Waals surface area contributed by atoms with Crippen LogP contribution in [-0.2, 0) is 10.0 Å². The first-order chi connectivity index (χ1) is 15.0. The van der Waals surface area contributed by atoms with E-state index in [1.54, 1.807) is 31.2 Å².